The molecule has 7 heteroatoms. The molecule has 3 aromatic carbocycles. The summed E-state index contributed by atoms with van der Waals surface area (Å²) in [6.45, 7) is 2.22. The molecule has 4 rings (SSSR count). The van der Waals surface area contributed by atoms with Gasteiger partial charge in [0.05, 0.1) is 11.6 Å². The SMILES string of the molecule is CCCCCC1CCC(c2ccc(-c3ccc(-c4cc(F)c(/C(F)=C/C(F)(F)F)c(F)c4)c(F)c3)cc2)CC1. The van der Waals surface area contributed by atoms with E-state index in [1.165, 1.54) is 69.1 Å². The molecule has 0 spiro atoms. The van der Waals surface area contributed by atoms with E-state index in [0.29, 0.717) is 23.6 Å². The molecule has 39 heavy (non-hydrogen) atoms. The Kier molecular flexibility index (Phi) is 9.19. The molecular formula is C32H31F7. The first kappa shape index (κ1) is 28.9. The van der Waals surface area contributed by atoms with Gasteiger partial charge < -0.3 is 0 Å². The van der Waals surface area contributed by atoms with Crippen LogP contribution in [0, 0.1) is 23.4 Å². The van der Waals surface area contributed by atoms with Gasteiger partial charge in [0, 0.05) is 5.56 Å². The molecule has 0 saturated heterocycles. The number of alkyl halides is 3. The second kappa shape index (κ2) is 12.4. The fourth-order valence-electron chi connectivity index (χ4n) is 5.52. The maximum Gasteiger partial charge on any atom is 0.412 e. The van der Waals surface area contributed by atoms with Gasteiger partial charge in [-0.3, -0.25) is 0 Å². The fourth-order valence-corrected chi connectivity index (χ4v) is 5.52. The fraction of sp³-hybridized carbons (Fsp3) is 0.375. The molecule has 0 radical (unpaired) electrons. The van der Waals surface area contributed by atoms with Gasteiger partial charge in [0.25, 0.3) is 0 Å². The standard InChI is InChI=1S/C32H31F7/c1-2-3-4-5-20-6-8-21(9-7-20)22-10-12-23(13-11-22)24-14-15-26(27(33)16-24)25-17-28(34)31(29(35)18-25)30(36)19-32(37,38)39/h10-21H,2-9H2,1H3/b30-19-. The van der Waals surface area contributed by atoms with Crippen LogP contribution in [0.3, 0.4) is 0 Å². The van der Waals surface area contributed by atoms with Crippen LogP contribution >= 0.6 is 0 Å². The number of hydrogen-bond acceptors (Lipinski definition) is 0. The Labute approximate surface area is 224 Å². The number of hydrogen-bond donors (Lipinski definition) is 0. The summed E-state index contributed by atoms with van der Waals surface area (Å²) < 4.78 is 94.8. The predicted octanol–water partition coefficient (Wildman–Crippen LogP) is 11.2. The van der Waals surface area contributed by atoms with Crippen molar-refractivity contribution in [3.8, 4) is 22.3 Å². The number of rotatable bonds is 8. The van der Waals surface area contributed by atoms with Crippen LogP contribution < -0.4 is 0 Å². The second-order valence-corrected chi connectivity index (χ2v) is 10.4. The summed E-state index contributed by atoms with van der Waals surface area (Å²) in [5.41, 5.74) is 0.761. The molecule has 0 aromatic heterocycles. The van der Waals surface area contributed by atoms with Crippen molar-refractivity contribution in [3.05, 3.63) is 89.3 Å². The van der Waals surface area contributed by atoms with Crippen molar-refractivity contribution in [3.63, 3.8) is 0 Å². The Balaban J connectivity index is 1.47. The van der Waals surface area contributed by atoms with Crippen LogP contribution in [0.5, 0.6) is 0 Å². The molecule has 1 aliphatic carbocycles. The van der Waals surface area contributed by atoms with E-state index < -0.39 is 41.1 Å². The van der Waals surface area contributed by atoms with Crippen molar-refractivity contribution in [2.24, 2.45) is 5.92 Å². The number of benzene rings is 3. The first-order valence-electron chi connectivity index (χ1n) is 13.4. The Bertz CT molecular complexity index is 1270. The molecule has 0 heterocycles. The first-order chi connectivity index (χ1) is 18.6. The number of allylic oxidation sites excluding steroid dienone is 1. The Hall–Kier alpha value is -3.09. The number of unbranched alkanes of at least 4 members (excludes halogenated alkanes) is 2. The third-order valence-corrected chi connectivity index (χ3v) is 7.63. The lowest BCUT2D eigenvalue weighted by molar-refractivity contribution is -0.0798. The smallest absolute Gasteiger partial charge is 0.206 e. The highest BCUT2D eigenvalue weighted by molar-refractivity contribution is 5.73. The van der Waals surface area contributed by atoms with Crippen LogP contribution in [0.1, 0.15) is 75.3 Å². The molecule has 0 aliphatic heterocycles. The van der Waals surface area contributed by atoms with Gasteiger partial charge in [0.15, 0.2) is 0 Å². The van der Waals surface area contributed by atoms with E-state index in [4.69, 9.17) is 0 Å². The third-order valence-electron chi connectivity index (χ3n) is 7.63. The van der Waals surface area contributed by atoms with E-state index in [0.717, 1.165) is 11.5 Å². The molecular weight excluding hydrogens is 517 g/mol. The predicted molar refractivity (Wildman–Crippen MR) is 141 cm³/mol. The summed E-state index contributed by atoms with van der Waals surface area (Å²) >= 11 is 0. The molecule has 0 N–H and O–H groups in total. The minimum Gasteiger partial charge on any atom is -0.206 e. The van der Waals surface area contributed by atoms with E-state index in [2.05, 4.69) is 19.1 Å². The van der Waals surface area contributed by atoms with Crippen molar-refractivity contribution in [2.75, 3.05) is 0 Å². The zero-order valence-electron chi connectivity index (χ0n) is 21.7. The Morgan fingerprint density at radius 3 is 1.92 bits per heavy atom. The molecule has 0 nitrogen and oxygen atoms in total. The van der Waals surface area contributed by atoms with Crippen LogP contribution in [0.25, 0.3) is 28.1 Å². The van der Waals surface area contributed by atoms with Gasteiger partial charge in [0.1, 0.15) is 23.3 Å². The summed E-state index contributed by atoms with van der Waals surface area (Å²) in [6, 6.07) is 13.4. The zero-order valence-corrected chi connectivity index (χ0v) is 21.7. The average molecular weight is 549 g/mol. The Morgan fingerprint density at radius 2 is 1.36 bits per heavy atom. The van der Waals surface area contributed by atoms with E-state index in [-0.39, 0.29) is 11.1 Å². The van der Waals surface area contributed by atoms with E-state index in [1.807, 2.05) is 12.1 Å². The van der Waals surface area contributed by atoms with Gasteiger partial charge in [-0.2, -0.15) is 13.2 Å². The molecule has 0 unspecified atom stereocenters. The van der Waals surface area contributed by atoms with E-state index in [1.54, 1.807) is 6.07 Å². The highest BCUT2D eigenvalue weighted by Gasteiger charge is 2.28. The second-order valence-electron chi connectivity index (χ2n) is 10.4. The average Bonchev–Trinajstić information content (AvgIpc) is 2.88. The van der Waals surface area contributed by atoms with Gasteiger partial charge in [-0.05, 0) is 78.0 Å². The lowest BCUT2D eigenvalue weighted by atomic mass is 9.77. The quantitative estimate of drug-likeness (QED) is 0.194. The van der Waals surface area contributed by atoms with E-state index >= 15 is 4.39 Å². The molecule has 0 bridgehead atoms. The van der Waals surface area contributed by atoms with Crippen molar-refractivity contribution in [2.45, 2.75) is 70.4 Å². The van der Waals surface area contributed by atoms with Crippen LogP contribution in [0.4, 0.5) is 30.7 Å². The number of halogens is 7. The van der Waals surface area contributed by atoms with Crippen molar-refractivity contribution >= 4 is 5.83 Å². The molecule has 0 amide bonds. The van der Waals surface area contributed by atoms with Gasteiger partial charge in [-0.1, -0.05) is 69.0 Å². The maximum atomic E-state index is 15.0. The molecule has 0 atom stereocenters. The summed E-state index contributed by atoms with van der Waals surface area (Å²) in [6.07, 6.45) is 4.08. The highest BCUT2D eigenvalue weighted by atomic mass is 19.4. The summed E-state index contributed by atoms with van der Waals surface area (Å²) in [7, 11) is 0. The molecule has 1 saturated carbocycles. The third kappa shape index (κ3) is 7.31. The van der Waals surface area contributed by atoms with Gasteiger partial charge >= 0.3 is 6.18 Å². The summed E-state index contributed by atoms with van der Waals surface area (Å²) in [5.74, 6) is -4.64. The molecule has 3 aromatic rings. The summed E-state index contributed by atoms with van der Waals surface area (Å²) in [4.78, 5) is 0. The summed E-state index contributed by atoms with van der Waals surface area (Å²) in [5, 5.41) is 0. The molecule has 1 fully saturated rings. The monoisotopic (exact) mass is 548 g/mol. The topological polar surface area (TPSA) is 0 Å². The zero-order chi connectivity index (χ0) is 28.2. The van der Waals surface area contributed by atoms with Crippen LogP contribution in [-0.4, -0.2) is 6.18 Å². The van der Waals surface area contributed by atoms with E-state index in [9.17, 15) is 26.3 Å². The highest BCUT2D eigenvalue weighted by Crippen LogP contribution is 2.39. The Morgan fingerprint density at radius 1 is 0.769 bits per heavy atom. The van der Waals surface area contributed by atoms with Crippen LogP contribution in [-0.2, 0) is 0 Å². The maximum absolute atomic E-state index is 15.0. The first-order valence-corrected chi connectivity index (χ1v) is 13.4. The van der Waals surface area contributed by atoms with Crippen molar-refractivity contribution in [1.29, 1.82) is 0 Å². The van der Waals surface area contributed by atoms with Gasteiger partial charge in [0.2, 0.25) is 0 Å². The minimum absolute atomic E-state index is 0.157. The van der Waals surface area contributed by atoms with Crippen molar-refractivity contribution < 1.29 is 30.7 Å². The molecule has 1 aliphatic rings. The minimum atomic E-state index is -5.09. The van der Waals surface area contributed by atoms with Crippen molar-refractivity contribution in [1.82, 2.24) is 0 Å². The normalized spacial score (nSPS) is 18.4. The lowest BCUT2D eigenvalue weighted by Crippen LogP contribution is -2.13. The van der Waals surface area contributed by atoms with Gasteiger partial charge in [-0.25, -0.2) is 17.6 Å². The largest absolute Gasteiger partial charge is 0.412 e. The van der Waals surface area contributed by atoms with Crippen LogP contribution in [0.15, 0.2) is 60.7 Å². The molecule has 208 valence electrons. The van der Waals surface area contributed by atoms with Gasteiger partial charge in [-0.15, -0.1) is 0 Å². The van der Waals surface area contributed by atoms with Crippen LogP contribution in [0.2, 0.25) is 0 Å². The lowest BCUT2D eigenvalue weighted by Gasteiger charge is -2.29.